The zero-order valence-electron chi connectivity index (χ0n) is 12.4. The summed E-state index contributed by atoms with van der Waals surface area (Å²) in [4.78, 5) is 14.6. The van der Waals surface area contributed by atoms with Gasteiger partial charge in [-0.3, -0.25) is 4.79 Å². The van der Waals surface area contributed by atoms with Gasteiger partial charge >= 0.3 is 0 Å². The van der Waals surface area contributed by atoms with Crippen LogP contribution in [0, 0.1) is 28.0 Å². The predicted molar refractivity (Wildman–Crippen MR) is 90.1 cm³/mol. The number of pyridine rings is 1. The number of halogens is 1. The number of allylic oxidation sites excluding steroid dienone is 1. The first-order valence-electron chi connectivity index (χ1n) is 6.71. The number of benzene rings is 1. The number of nitrogens with one attached hydrogen (secondary N) is 4. The number of hydrogen-bond donors (Lipinski definition) is 5. The van der Waals surface area contributed by atoms with Gasteiger partial charge in [0.05, 0.1) is 28.2 Å². The van der Waals surface area contributed by atoms with Crippen molar-refractivity contribution in [3.8, 4) is 6.07 Å². The molecule has 6 N–H and O–H groups in total. The van der Waals surface area contributed by atoms with E-state index in [1.807, 2.05) is 6.07 Å². The molecule has 0 bridgehead atoms. The van der Waals surface area contributed by atoms with E-state index in [9.17, 15) is 9.18 Å². The topological polar surface area (TPSA) is 142 Å². The van der Waals surface area contributed by atoms with Crippen molar-refractivity contribution in [1.29, 1.82) is 16.1 Å². The highest BCUT2D eigenvalue weighted by Gasteiger charge is 2.16. The summed E-state index contributed by atoms with van der Waals surface area (Å²) in [6.45, 7) is 0. The number of hydrogen-bond acceptors (Lipinski definition) is 6. The molecule has 0 radical (unpaired) electrons. The number of aromatic amines is 1. The van der Waals surface area contributed by atoms with E-state index in [1.54, 1.807) is 0 Å². The highest BCUT2D eigenvalue weighted by Crippen LogP contribution is 2.26. The highest BCUT2D eigenvalue weighted by molar-refractivity contribution is 6.10. The summed E-state index contributed by atoms with van der Waals surface area (Å²) < 4.78 is 14.0. The first-order valence-corrected chi connectivity index (χ1v) is 6.71. The molecular weight excluding hydrogens is 311 g/mol. The number of nitrogens with two attached hydrogens (primary N) is 1. The Hall–Kier alpha value is -3.73. The summed E-state index contributed by atoms with van der Waals surface area (Å²) in [6.07, 6.45) is 3.01. The van der Waals surface area contributed by atoms with E-state index < -0.39 is 11.4 Å². The number of aromatic nitrogens is 1. The summed E-state index contributed by atoms with van der Waals surface area (Å²) in [5.74, 6) is -0.665. The van der Waals surface area contributed by atoms with Crippen LogP contribution in [0.1, 0.15) is 11.1 Å². The fraction of sp³-hybridized carbons (Fsp3) is 0. The van der Waals surface area contributed by atoms with E-state index in [0.717, 1.165) is 12.4 Å². The van der Waals surface area contributed by atoms with Gasteiger partial charge in [0, 0.05) is 24.2 Å². The molecule has 2 aromatic rings. The van der Waals surface area contributed by atoms with Crippen LogP contribution in [0.15, 0.2) is 40.8 Å². The molecule has 0 aliphatic heterocycles. The highest BCUT2D eigenvalue weighted by atomic mass is 19.1. The third kappa shape index (κ3) is 3.05. The average Bonchev–Trinajstić information content (AvgIpc) is 2.57. The van der Waals surface area contributed by atoms with Crippen molar-refractivity contribution in [1.82, 2.24) is 4.98 Å². The summed E-state index contributed by atoms with van der Waals surface area (Å²) in [5, 5.41) is 26.3. The molecule has 0 fully saturated rings. The summed E-state index contributed by atoms with van der Waals surface area (Å²) >= 11 is 0. The third-order valence-electron chi connectivity index (χ3n) is 3.25. The Morgan fingerprint density at radius 2 is 2.04 bits per heavy atom. The van der Waals surface area contributed by atoms with E-state index in [0.29, 0.717) is 0 Å². The van der Waals surface area contributed by atoms with Gasteiger partial charge in [0.25, 0.3) is 5.56 Å². The molecule has 0 atom stereocenters. The van der Waals surface area contributed by atoms with Crippen LogP contribution in [-0.2, 0) is 0 Å². The number of nitrogens with zero attached hydrogens (tertiary/aromatic N) is 1. The maximum Gasteiger partial charge on any atom is 0.259 e. The second-order valence-electron chi connectivity index (χ2n) is 4.65. The Kier molecular flexibility index (Phi) is 4.87. The predicted octanol–water partition coefficient (Wildman–Crippen LogP) is 2.10. The maximum absolute atomic E-state index is 14.0. The van der Waals surface area contributed by atoms with E-state index in [1.165, 1.54) is 30.5 Å². The van der Waals surface area contributed by atoms with Crippen LogP contribution >= 0.6 is 0 Å². The molecule has 0 aliphatic rings. The van der Waals surface area contributed by atoms with Crippen molar-refractivity contribution in [3.63, 3.8) is 0 Å². The van der Waals surface area contributed by atoms with Gasteiger partial charge in [-0.1, -0.05) is 6.07 Å². The van der Waals surface area contributed by atoms with E-state index in [4.69, 9.17) is 21.8 Å². The van der Waals surface area contributed by atoms with Gasteiger partial charge in [0.2, 0.25) is 0 Å². The van der Waals surface area contributed by atoms with E-state index in [2.05, 4.69) is 10.3 Å². The Bertz CT molecular complexity index is 928. The number of H-pyrrole nitrogens is 1. The standard InChI is InChI=1S/C16H13FN6O/c17-11-3-1-2-9(6-18)15(11)23-12-4-5-22-16(24)13(12)14(21)10(7-19)8-20/h1-5,7-8,19-20H,21H2,(H2,22,23,24). The van der Waals surface area contributed by atoms with Crippen molar-refractivity contribution in [3.05, 3.63) is 63.3 Å². The summed E-state index contributed by atoms with van der Waals surface area (Å²) in [5.41, 5.74) is 5.28. The molecule has 2 rings (SSSR count). The van der Waals surface area contributed by atoms with Crippen LogP contribution < -0.4 is 16.6 Å². The Labute approximate surface area is 136 Å². The smallest absolute Gasteiger partial charge is 0.259 e. The third-order valence-corrected chi connectivity index (χ3v) is 3.25. The van der Waals surface area contributed by atoms with Gasteiger partial charge in [0.1, 0.15) is 11.9 Å². The second-order valence-corrected chi connectivity index (χ2v) is 4.65. The SMILES string of the molecule is N#Cc1cccc(F)c1Nc1cc[nH]c(=O)c1C(N)=C(C=N)C=N. The molecule has 0 amide bonds. The fourth-order valence-electron chi connectivity index (χ4n) is 2.07. The molecule has 8 heteroatoms. The van der Waals surface area contributed by atoms with Gasteiger partial charge in [0.15, 0.2) is 0 Å². The first-order chi connectivity index (χ1) is 11.5. The quantitative estimate of drug-likeness (QED) is 0.537. The average molecular weight is 324 g/mol. The molecule has 0 saturated carbocycles. The van der Waals surface area contributed by atoms with E-state index >= 15 is 0 Å². The lowest BCUT2D eigenvalue weighted by Gasteiger charge is -2.14. The molecule has 0 unspecified atom stereocenters. The first kappa shape index (κ1) is 16.6. The monoisotopic (exact) mass is 324 g/mol. The molecule has 7 nitrogen and oxygen atoms in total. The Morgan fingerprint density at radius 1 is 1.33 bits per heavy atom. The van der Waals surface area contributed by atoms with Crippen molar-refractivity contribution in [2.75, 3.05) is 5.32 Å². The molecule has 24 heavy (non-hydrogen) atoms. The van der Waals surface area contributed by atoms with Gasteiger partial charge in [-0.15, -0.1) is 0 Å². The van der Waals surface area contributed by atoms with Gasteiger partial charge in [-0.2, -0.15) is 5.26 Å². The largest absolute Gasteiger partial charge is 0.397 e. The number of anilines is 2. The molecular formula is C16H13FN6O. The van der Waals surface area contributed by atoms with Crippen LogP contribution in [0.4, 0.5) is 15.8 Å². The van der Waals surface area contributed by atoms with Crippen molar-refractivity contribution in [2.45, 2.75) is 0 Å². The summed E-state index contributed by atoms with van der Waals surface area (Å²) in [7, 11) is 0. The fourth-order valence-corrected chi connectivity index (χ4v) is 2.07. The summed E-state index contributed by atoms with van der Waals surface area (Å²) in [6, 6.07) is 7.31. The van der Waals surface area contributed by atoms with Crippen molar-refractivity contribution < 1.29 is 4.39 Å². The van der Waals surface area contributed by atoms with Crippen molar-refractivity contribution in [2.24, 2.45) is 5.73 Å². The van der Waals surface area contributed by atoms with Gasteiger partial charge in [-0.05, 0) is 18.2 Å². The zero-order valence-corrected chi connectivity index (χ0v) is 12.4. The van der Waals surface area contributed by atoms with Crippen molar-refractivity contribution >= 4 is 29.5 Å². The zero-order chi connectivity index (χ0) is 17.7. The molecule has 0 spiro atoms. The molecule has 0 saturated heterocycles. The van der Waals surface area contributed by atoms with Crippen LogP contribution in [0.3, 0.4) is 0 Å². The lowest BCUT2D eigenvalue weighted by atomic mass is 10.1. The number of rotatable bonds is 5. The van der Waals surface area contributed by atoms with Crippen LogP contribution in [0.2, 0.25) is 0 Å². The molecule has 1 aromatic carbocycles. The molecule has 120 valence electrons. The maximum atomic E-state index is 14.0. The lowest BCUT2D eigenvalue weighted by molar-refractivity contribution is 0.631. The second kappa shape index (κ2) is 7.02. The number of nitriles is 1. The Morgan fingerprint density at radius 3 is 2.67 bits per heavy atom. The minimum atomic E-state index is -0.665. The van der Waals surface area contributed by atoms with E-state index in [-0.39, 0.29) is 33.8 Å². The molecule has 1 aromatic heterocycles. The lowest BCUT2D eigenvalue weighted by Crippen LogP contribution is -2.19. The van der Waals surface area contributed by atoms with Crippen LogP contribution in [0.25, 0.3) is 5.70 Å². The molecule has 1 heterocycles. The normalized spacial score (nSPS) is 9.67. The molecule has 0 aliphatic carbocycles. The minimum absolute atomic E-state index is 0.0174. The number of para-hydroxylation sites is 1. The van der Waals surface area contributed by atoms with Crippen LogP contribution in [-0.4, -0.2) is 17.4 Å². The van der Waals surface area contributed by atoms with Gasteiger partial charge < -0.3 is 26.9 Å². The van der Waals surface area contributed by atoms with Gasteiger partial charge in [-0.25, -0.2) is 4.39 Å². The minimum Gasteiger partial charge on any atom is -0.397 e. The van der Waals surface area contributed by atoms with Crippen LogP contribution in [0.5, 0.6) is 0 Å². The Balaban J connectivity index is 2.67.